The van der Waals surface area contributed by atoms with Crippen LogP contribution in [0.1, 0.15) is 22.0 Å². The lowest BCUT2D eigenvalue weighted by Gasteiger charge is -2.15. The number of nitrogen functional groups attached to an aromatic ring is 1. The third-order valence-corrected chi connectivity index (χ3v) is 2.82. The summed E-state index contributed by atoms with van der Waals surface area (Å²) in [5, 5.41) is 17.6. The fraction of sp³-hybridized carbons (Fsp3) is 0.250. The maximum atomic E-state index is 12.3. The van der Waals surface area contributed by atoms with Gasteiger partial charge in [0, 0.05) is 18.8 Å². The number of aromatic nitrogens is 3. The van der Waals surface area contributed by atoms with Crippen molar-refractivity contribution < 1.29 is 9.72 Å². The molecule has 0 aliphatic carbocycles. The zero-order valence-electron chi connectivity index (χ0n) is 11.5. The van der Waals surface area contributed by atoms with E-state index in [0.717, 1.165) is 0 Å². The molecule has 0 aliphatic heterocycles. The van der Waals surface area contributed by atoms with Crippen molar-refractivity contribution in [3.63, 3.8) is 0 Å². The Balaban J connectivity index is 2.26. The number of nitrogens with zero attached hydrogens (tertiary/aromatic N) is 4. The maximum Gasteiger partial charge on any atom is 0.282 e. The van der Waals surface area contributed by atoms with Gasteiger partial charge in [-0.1, -0.05) is 0 Å². The van der Waals surface area contributed by atoms with Crippen LogP contribution in [-0.4, -0.2) is 38.0 Å². The summed E-state index contributed by atoms with van der Waals surface area (Å²) in [6.07, 6.45) is 0. The standard InChI is InChI=1S/C12H14N6O3/c1-7-14-11(16-15-7)6-17(2)12(19)9-5-8(13)3-4-10(9)18(20)21/h3-5H,6,13H2,1-2H3,(H,14,15,16). The smallest absolute Gasteiger partial charge is 0.282 e. The van der Waals surface area contributed by atoms with Crippen LogP contribution in [0.5, 0.6) is 0 Å². The topological polar surface area (TPSA) is 131 Å². The number of aryl methyl sites for hydroxylation is 1. The molecule has 0 saturated heterocycles. The van der Waals surface area contributed by atoms with Gasteiger partial charge in [-0.3, -0.25) is 20.0 Å². The molecule has 0 saturated carbocycles. The van der Waals surface area contributed by atoms with Crippen molar-refractivity contribution in [3.05, 3.63) is 45.5 Å². The second kappa shape index (κ2) is 5.57. The molecule has 1 aromatic carbocycles. The molecule has 1 amide bonds. The fourth-order valence-electron chi connectivity index (χ4n) is 1.83. The normalized spacial score (nSPS) is 10.4. The Labute approximate surface area is 119 Å². The Morgan fingerprint density at radius 2 is 2.24 bits per heavy atom. The minimum atomic E-state index is -0.614. The van der Waals surface area contributed by atoms with Gasteiger partial charge >= 0.3 is 0 Å². The van der Waals surface area contributed by atoms with Gasteiger partial charge < -0.3 is 10.6 Å². The number of benzene rings is 1. The van der Waals surface area contributed by atoms with Gasteiger partial charge in [-0.2, -0.15) is 5.10 Å². The van der Waals surface area contributed by atoms with E-state index >= 15 is 0 Å². The number of hydrogen-bond acceptors (Lipinski definition) is 6. The molecule has 0 spiro atoms. The van der Waals surface area contributed by atoms with Crippen LogP contribution in [0.3, 0.4) is 0 Å². The number of hydrogen-bond donors (Lipinski definition) is 2. The minimum absolute atomic E-state index is 0.0604. The number of rotatable bonds is 4. The highest BCUT2D eigenvalue weighted by Gasteiger charge is 2.23. The van der Waals surface area contributed by atoms with E-state index in [-0.39, 0.29) is 23.5 Å². The molecular formula is C12H14N6O3. The summed E-state index contributed by atoms with van der Waals surface area (Å²) in [6, 6.07) is 3.89. The predicted molar refractivity (Wildman–Crippen MR) is 74.4 cm³/mol. The van der Waals surface area contributed by atoms with Gasteiger partial charge in [0.25, 0.3) is 11.6 Å². The van der Waals surface area contributed by atoms with E-state index in [1.807, 2.05) is 0 Å². The third kappa shape index (κ3) is 3.14. The predicted octanol–water partition coefficient (Wildman–Crippen LogP) is 0.876. The van der Waals surface area contributed by atoms with Crippen molar-refractivity contribution in [1.82, 2.24) is 20.1 Å². The Morgan fingerprint density at radius 3 is 2.81 bits per heavy atom. The molecule has 110 valence electrons. The Hall–Kier alpha value is -2.97. The summed E-state index contributed by atoms with van der Waals surface area (Å²) in [4.78, 5) is 28.1. The molecule has 3 N–H and O–H groups in total. The summed E-state index contributed by atoms with van der Waals surface area (Å²) in [5.74, 6) is 0.534. The first-order valence-electron chi connectivity index (χ1n) is 6.05. The minimum Gasteiger partial charge on any atom is -0.399 e. The van der Waals surface area contributed by atoms with Crippen LogP contribution >= 0.6 is 0 Å². The van der Waals surface area contributed by atoms with Gasteiger partial charge in [-0.25, -0.2) is 4.98 Å². The van der Waals surface area contributed by atoms with E-state index in [4.69, 9.17) is 5.73 Å². The first-order chi connectivity index (χ1) is 9.88. The Bertz CT molecular complexity index is 696. The van der Waals surface area contributed by atoms with Gasteiger partial charge in [0.15, 0.2) is 5.82 Å². The summed E-state index contributed by atoms with van der Waals surface area (Å²) in [5.41, 5.74) is 5.54. The second-order valence-electron chi connectivity index (χ2n) is 4.53. The number of carbonyl (C=O) groups is 1. The van der Waals surface area contributed by atoms with E-state index < -0.39 is 10.8 Å². The van der Waals surface area contributed by atoms with E-state index in [1.165, 1.54) is 30.1 Å². The number of nitrogens with two attached hydrogens (primary N) is 1. The molecule has 21 heavy (non-hydrogen) atoms. The van der Waals surface area contributed by atoms with Crippen LogP contribution in [0, 0.1) is 17.0 Å². The molecule has 1 aromatic heterocycles. The highest BCUT2D eigenvalue weighted by molar-refractivity contribution is 5.98. The number of carbonyl (C=O) groups excluding carboxylic acids is 1. The lowest BCUT2D eigenvalue weighted by Crippen LogP contribution is -2.27. The van der Waals surface area contributed by atoms with Crippen molar-refractivity contribution in [2.75, 3.05) is 12.8 Å². The average molecular weight is 290 g/mol. The van der Waals surface area contributed by atoms with Gasteiger partial charge in [-0.15, -0.1) is 0 Å². The van der Waals surface area contributed by atoms with Crippen LogP contribution in [0.25, 0.3) is 0 Å². The Kier molecular flexibility index (Phi) is 3.83. The lowest BCUT2D eigenvalue weighted by molar-refractivity contribution is -0.385. The maximum absolute atomic E-state index is 12.3. The highest BCUT2D eigenvalue weighted by atomic mass is 16.6. The summed E-state index contributed by atoms with van der Waals surface area (Å²) >= 11 is 0. The van der Waals surface area contributed by atoms with Crippen LogP contribution in [0.2, 0.25) is 0 Å². The third-order valence-electron chi connectivity index (χ3n) is 2.82. The Morgan fingerprint density at radius 1 is 1.52 bits per heavy atom. The van der Waals surface area contributed by atoms with Crippen LogP contribution < -0.4 is 5.73 Å². The largest absolute Gasteiger partial charge is 0.399 e. The van der Waals surface area contributed by atoms with E-state index in [2.05, 4.69) is 15.2 Å². The van der Waals surface area contributed by atoms with Gasteiger partial charge in [-0.05, 0) is 19.1 Å². The summed E-state index contributed by atoms with van der Waals surface area (Å²) in [7, 11) is 1.51. The van der Waals surface area contributed by atoms with Crippen LogP contribution in [0.15, 0.2) is 18.2 Å². The molecule has 0 atom stereocenters. The lowest BCUT2D eigenvalue weighted by atomic mass is 10.1. The molecule has 0 unspecified atom stereocenters. The van der Waals surface area contributed by atoms with E-state index in [9.17, 15) is 14.9 Å². The molecule has 9 heteroatoms. The van der Waals surface area contributed by atoms with Gasteiger partial charge in [0.1, 0.15) is 11.4 Å². The number of amides is 1. The van der Waals surface area contributed by atoms with E-state index in [1.54, 1.807) is 6.92 Å². The molecule has 1 heterocycles. The van der Waals surface area contributed by atoms with Crippen molar-refractivity contribution >= 4 is 17.3 Å². The fourth-order valence-corrected chi connectivity index (χ4v) is 1.83. The first kappa shape index (κ1) is 14.4. The summed E-state index contributed by atoms with van der Waals surface area (Å²) < 4.78 is 0. The second-order valence-corrected chi connectivity index (χ2v) is 4.53. The number of nitrogens with one attached hydrogen (secondary N) is 1. The molecule has 0 fully saturated rings. The summed E-state index contributed by atoms with van der Waals surface area (Å²) in [6.45, 7) is 1.87. The monoisotopic (exact) mass is 290 g/mol. The van der Waals surface area contributed by atoms with Crippen molar-refractivity contribution in [3.8, 4) is 0 Å². The molecule has 2 aromatic rings. The van der Waals surface area contributed by atoms with Gasteiger partial charge in [0.05, 0.1) is 11.5 Å². The molecular weight excluding hydrogens is 276 g/mol. The number of nitro benzene ring substituents is 1. The quantitative estimate of drug-likeness (QED) is 0.488. The van der Waals surface area contributed by atoms with Crippen molar-refractivity contribution in [2.45, 2.75) is 13.5 Å². The molecule has 0 bridgehead atoms. The van der Waals surface area contributed by atoms with E-state index in [0.29, 0.717) is 11.6 Å². The number of H-pyrrole nitrogens is 1. The number of anilines is 1. The molecule has 2 rings (SSSR count). The van der Waals surface area contributed by atoms with Crippen molar-refractivity contribution in [1.29, 1.82) is 0 Å². The highest BCUT2D eigenvalue weighted by Crippen LogP contribution is 2.22. The molecule has 0 aliphatic rings. The van der Waals surface area contributed by atoms with Gasteiger partial charge in [0.2, 0.25) is 0 Å². The first-order valence-corrected chi connectivity index (χ1v) is 6.05. The molecule has 9 nitrogen and oxygen atoms in total. The number of aromatic amines is 1. The zero-order chi connectivity index (χ0) is 15.6. The van der Waals surface area contributed by atoms with Crippen LogP contribution in [0.4, 0.5) is 11.4 Å². The average Bonchev–Trinajstić information content (AvgIpc) is 2.82. The van der Waals surface area contributed by atoms with Crippen LogP contribution in [-0.2, 0) is 6.54 Å². The SMILES string of the molecule is Cc1nc(CN(C)C(=O)c2cc(N)ccc2[N+](=O)[O-])n[nH]1. The zero-order valence-corrected chi connectivity index (χ0v) is 11.5. The molecule has 0 radical (unpaired) electrons. The van der Waals surface area contributed by atoms with Crippen molar-refractivity contribution in [2.24, 2.45) is 0 Å². The number of nitro groups is 1.